The third-order valence-corrected chi connectivity index (χ3v) is 5.06. The van der Waals surface area contributed by atoms with Crippen molar-refractivity contribution in [3.05, 3.63) is 42.4 Å². The Hall–Kier alpha value is -2.90. The molecule has 29 heavy (non-hydrogen) atoms. The van der Waals surface area contributed by atoms with Crippen LogP contribution in [0.2, 0.25) is 0 Å². The van der Waals surface area contributed by atoms with E-state index < -0.39 is 0 Å². The Morgan fingerprint density at radius 1 is 1.03 bits per heavy atom. The maximum absolute atomic E-state index is 4.85. The molecule has 3 heterocycles. The minimum absolute atomic E-state index is 0.621. The number of aromatic nitrogens is 3. The first-order valence-electron chi connectivity index (χ1n) is 10.5. The summed E-state index contributed by atoms with van der Waals surface area (Å²) in [4.78, 5) is 24.9. The molecule has 0 unspecified atom stereocenters. The molecule has 156 valence electrons. The molecule has 1 N–H and O–H groups in total. The summed E-state index contributed by atoms with van der Waals surface area (Å²) < 4.78 is 0. The maximum Gasteiger partial charge on any atom is 0.225 e. The number of aliphatic imine (C=N–C) groups is 1. The van der Waals surface area contributed by atoms with Gasteiger partial charge in [0.1, 0.15) is 5.82 Å². The summed E-state index contributed by atoms with van der Waals surface area (Å²) >= 11 is 0. The van der Waals surface area contributed by atoms with E-state index in [-0.39, 0.29) is 0 Å². The van der Waals surface area contributed by atoms with E-state index in [1.54, 1.807) is 12.4 Å². The first kappa shape index (κ1) is 20.8. The van der Waals surface area contributed by atoms with Gasteiger partial charge in [-0.1, -0.05) is 6.07 Å². The van der Waals surface area contributed by atoms with Crippen LogP contribution in [0.1, 0.15) is 26.3 Å². The molecule has 3 rings (SSSR count). The third kappa shape index (κ3) is 5.56. The van der Waals surface area contributed by atoms with Crippen LogP contribution in [-0.4, -0.2) is 71.6 Å². The molecule has 8 heteroatoms. The molecule has 0 saturated carbocycles. The molecule has 1 fully saturated rings. The number of piperazine rings is 1. The lowest BCUT2D eigenvalue weighted by Gasteiger charge is -2.36. The van der Waals surface area contributed by atoms with E-state index in [1.165, 1.54) is 0 Å². The molecular weight excluding hydrogens is 364 g/mol. The second kappa shape index (κ2) is 10.6. The Kier molecular flexibility index (Phi) is 7.61. The molecule has 1 saturated heterocycles. The minimum Gasteiger partial charge on any atom is -0.357 e. The van der Waals surface area contributed by atoms with Crippen molar-refractivity contribution in [3.63, 3.8) is 0 Å². The van der Waals surface area contributed by atoms with Crippen LogP contribution in [0.25, 0.3) is 0 Å². The van der Waals surface area contributed by atoms with E-state index in [2.05, 4.69) is 67.9 Å². The van der Waals surface area contributed by atoms with Gasteiger partial charge < -0.3 is 20.0 Å². The topological polar surface area (TPSA) is 72.8 Å². The van der Waals surface area contributed by atoms with E-state index >= 15 is 0 Å². The van der Waals surface area contributed by atoms with Gasteiger partial charge in [-0.05, 0) is 38.5 Å². The van der Waals surface area contributed by atoms with E-state index in [0.717, 1.165) is 69.1 Å². The normalized spacial score (nSPS) is 14.8. The fraction of sp³-hybridized carbons (Fsp3) is 0.524. The predicted octanol–water partition coefficient (Wildman–Crippen LogP) is 2.01. The maximum atomic E-state index is 4.85. The molecular formula is C21H32N8. The molecule has 2 aromatic heterocycles. The van der Waals surface area contributed by atoms with Gasteiger partial charge in [0, 0.05) is 64.4 Å². The van der Waals surface area contributed by atoms with Crippen LogP contribution in [0.3, 0.4) is 0 Å². The van der Waals surface area contributed by atoms with Gasteiger partial charge in [0.2, 0.25) is 5.95 Å². The van der Waals surface area contributed by atoms with Gasteiger partial charge in [-0.15, -0.1) is 0 Å². The highest BCUT2D eigenvalue weighted by Crippen LogP contribution is 2.13. The van der Waals surface area contributed by atoms with Crippen LogP contribution in [0.5, 0.6) is 0 Å². The molecule has 0 atom stereocenters. The molecule has 2 aromatic rings. The first-order valence-corrected chi connectivity index (χ1v) is 10.5. The molecule has 0 bridgehead atoms. The summed E-state index contributed by atoms with van der Waals surface area (Å²) in [7, 11) is 0. The van der Waals surface area contributed by atoms with Crippen molar-refractivity contribution >= 4 is 17.7 Å². The van der Waals surface area contributed by atoms with Crippen LogP contribution >= 0.6 is 0 Å². The van der Waals surface area contributed by atoms with Gasteiger partial charge in [0.05, 0.1) is 6.54 Å². The van der Waals surface area contributed by atoms with Crippen LogP contribution in [0.4, 0.5) is 11.8 Å². The second-order valence-electron chi connectivity index (χ2n) is 6.89. The minimum atomic E-state index is 0.621. The highest BCUT2D eigenvalue weighted by Gasteiger charge is 2.21. The average molecular weight is 397 g/mol. The lowest BCUT2D eigenvalue weighted by atomic mass is 10.2. The van der Waals surface area contributed by atoms with Crippen molar-refractivity contribution in [1.29, 1.82) is 0 Å². The van der Waals surface area contributed by atoms with Gasteiger partial charge in [0.25, 0.3) is 0 Å². The summed E-state index contributed by atoms with van der Waals surface area (Å²) in [6.45, 7) is 13.3. The Morgan fingerprint density at radius 2 is 1.76 bits per heavy atom. The van der Waals surface area contributed by atoms with E-state index in [9.17, 15) is 0 Å². The molecule has 0 amide bonds. The molecule has 1 aliphatic rings. The highest BCUT2D eigenvalue weighted by atomic mass is 15.4. The molecule has 8 nitrogen and oxygen atoms in total. The zero-order valence-electron chi connectivity index (χ0n) is 17.8. The zero-order valence-corrected chi connectivity index (χ0v) is 17.8. The number of guanidine groups is 1. The molecule has 0 radical (unpaired) electrons. The van der Waals surface area contributed by atoms with E-state index in [0.29, 0.717) is 6.54 Å². The Bertz CT molecular complexity index is 750. The third-order valence-electron chi connectivity index (χ3n) is 5.06. The predicted molar refractivity (Wildman–Crippen MR) is 118 cm³/mol. The van der Waals surface area contributed by atoms with Gasteiger partial charge in [-0.25, -0.2) is 19.9 Å². The fourth-order valence-corrected chi connectivity index (χ4v) is 3.41. The standard InChI is InChI=1S/C21H32N8/c1-4-22-20(26-17-18-8-9-19(25-16-18)27(5-2)6-3)28-12-14-29(15-13-28)21-23-10-7-11-24-21/h7-11,16H,4-6,12-15,17H2,1-3H3,(H,22,26). The van der Waals surface area contributed by atoms with Gasteiger partial charge >= 0.3 is 0 Å². The Labute approximate surface area is 173 Å². The molecule has 0 aromatic carbocycles. The zero-order chi connectivity index (χ0) is 20.5. The lowest BCUT2D eigenvalue weighted by molar-refractivity contribution is 0.370. The van der Waals surface area contributed by atoms with Crippen molar-refractivity contribution in [2.45, 2.75) is 27.3 Å². The second-order valence-corrected chi connectivity index (χ2v) is 6.89. The average Bonchev–Trinajstić information content (AvgIpc) is 2.79. The number of rotatable bonds is 7. The van der Waals surface area contributed by atoms with Crippen molar-refractivity contribution in [2.75, 3.05) is 55.6 Å². The van der Waals surface area contributed by atoms with Gasteiger partial charge in [0.15, 0.2) is 5.96 Å². The van der Waals surface area contributed by atoms with Gasteiger partial charge in [-0.2, -0.15) is 0 Å². The van der Waals surface area contributed by atoms with Gasteiger partial charge in [-0.3, -0.25) is 0 Å². The molecule has 0 aliphatic carbocycles. The smallest absolute Gasteiger partial charge is 0.225 e. The van der Waals surface area contributed by atoms with Crippen LogP contribution < -0.4 is 15.1 Å². The molecule has 0 spiro atoms. The number of nitrogens with one attached hydrogen (secondary N) is 1. The summed E-state index contributed by atoms with van der Waals surface area (Å²) in [6, 6.07) is 6.06. The van der Waals surface area contributed by atoms with E-state index in [4.69, 9.17) is 4.99 Å². The molecule has 1 aliphatic heterocycles. The SMILES string of the molecule is CCNC(=NCc1ccc(N(CC)CC)nc1)N1CCN(c2ncccn2)CC1. The summed E-state index contributed by atoms with van der Waals surface area (Å²) in [5.74, 6) is 2.77. The summed E-state index contributed by atoms with van der Waals surface area (Å²) in [5, 5.41) is 3.42. The van der Waals surface area contributed by atoms with Crippen molar-refractivity contribution < 1.29 is 0 Å². The summed E-state index contributed by atoms with van der Waals surface area (Å²) in [6.07, 6.45) is 5.52. The number of hydrogen-bond acceptors (Lipinski definition) is 6. The fourth-order valence-electron chi connectivity index (χ4n) is 3.41. The van der Waals surface area contributed by atoms with Crippen molar-refractivity contribution in [3.8, 4) is 0 Å². The van der Waals surface area contributed by atoms with E-state index in [1.807, 2.05) is 12.3 Å². The Balaban J connectivity index is 1.60. The lowest BCUT2D eigenvalue weighted by Crippen LogP contribution is -2.52. The quantitative estimate of drug-likeness (QED) is 0.567. The van der Waals surface area contributed by atoms with Crippen molar-refractivity contribution in [1.82, 2.24) is 25.2 Å². The monoisotopic (exact) mass is 396 g/mol. The van der Waals surface area contributed by atoms with Crippen LogP contribution in [-0.2, 0) is 6.54 Å². The summed E-state index contributed by atoms with van der Waals surface area (Å²) in [5.41, 5.74) is 1.12. The number of nitrogens with zero attached hydrogens (tertiary/aromatic N) is 7. The highest BCUT2D eigenvalue weighted by molar-refractivity contribution is 5.80. The number of anilines is 2. The Morgan fingerprint density at radius 3 is 2.34 bits per heavy atom. The first-order chi connectivity index (χ1) is 14.2. The van der Waals surface area contributed by atoms with Crippen LogP contribution in [0.15, 0.2) is 41.8 Å². The number of hydrogen-bond donors (Lipinski definition) is 1. The van der Waals surface area contributed by atoms with Crippen molar-refractivity contribution in [2.24, 2.45) is 4.99 Å². The van der Waals surface area contributed by atoms with Crippen LogP contribution in [0, 0.1) is 0 Å². The largest absolute Gasteiger partial charge is 0.357 e. The number of pyridine rings is 1.